The molecule has 0 aliphatic heterocycles. The number of alkyl halides is 1. The van der Waals surface area contributed by atoms with Gasteiger partial charge in [0.05, 0.1) is 56.1 Å². The van der Waals surface area contributed by atoms with Gasteiger partial charge in [0.15, 0.2) is 0 Å². The summed E-state index contributed by atoms with van der Waals surface area (Å²) in [4.78, 5) is 34.8. The van der Waals surface area contributed by atoms with E-state index in [1.807, 2.05) is 109 Å². The number of phenols is 1. The molecule has 0 saturated carbocycles. The largest absolute Gasteiger partial charge is 0.506 e. The Morgan fingerprint density at radius 3 is 1.20 bits per heavy atom. The number of carboxylic acid groups (broad SMARTS) is 1. The van der Waals surface area contributed by atoms with Crippen LogP contribution in [0.1, 0.15) is 141 Å². The van der Waals surface area contributed by atoms with Gasteiger partial charge in [-0.1, -0.05) is 75.5 Å². The maximum atomic E-state index is 12.1. The molecule has 0 spiro atoms. The lowest BCUT2D eigenvalue weighted by Gasteiger charge is -2.23. The third kappa shape index (κ3) is 24.0. The van der Waals surface area contributed by atoms with Gasteiger partial charge in [-0.3, -0.25) is 14.4 Å². The van der Waals surface area contributed by atoms with Crippen molar-refractivity contribution in [3.63, 3.8) is 0 Å². The monoisotopic (exact) mass is 1370 g/mol. The zero-order valence-corrected chi connectivity index (χ0v) is 53.8. The first-order valence-corrected chi connectivity index (χ1v) is 28.4. The Hall–Kier alpha value is -1.36. The number of phenolic OH excluding ortho intramolecular Hbond substituents is 1. The standard InChI is InChI=1S/C19H28Br2O3.C15H20Br2O3.C11H21ClO2.C8H8Br2O/c1-12(2)11-24-18(22)19(5,6)8-7-9-23-17-13(3)10-15(20)14(4)16(17)21;1-9-8-11(16)10(2)12(17)13(9)20-7-5-6-15(3,4)14(18)19;1-9(2)8-14-10(13)11(3,4)6-5-7-12;1-4-3-6(9)5(2)7(10)8(4)11/h10,12H,7-9,11H2,1-6H3;8H,5-7H2,1-4H3,(H,18,19);9H,5-8H2,1-4H3;3,11H,1-2H3. The lowest BCUT2D eigenvalue weighted by Crippen LogP contribution is -2.28. The SMILES string of the molecule is CC(C)COC(=O)C(C)(C)CCCCl.Cc1cc(Br)c(C)c(Br)c1O.Cc1cc(Br)c(C)c(Br)c1OCCCC(C)(C)C(=O)O.Cc1cc(Br)c(C)c(Br)c1OCCCC(C)(C)C(=O)OCC(C)C. The van der Waals surface area contributed by atoms with Crippen LogP contribution in [0.15, 0.2) is 45.0 Å². The summed E-state index contributed by atoms with van der Waals surface area (Å²) >= 11 is 26.5. The summed E-state index contributed by atoms with van der Waals surface area (Å²) in [6.45, 7) is 33.2. The molecule has 0 heterocycles. The number of aromatic hydroxyl groups is 1. The third-order valence-electron chi connectivity index (χ3n) is 10.9. The number of benzene rings is 3. The molecule has 3 aromatic rings. The first-order chi connectivity index (χ1) is 31.7. The van der Waals surface area contributed by atoms with Crippen LogP contribution in [0.5, 0.6) is 17.2 Å². The van der Waals surface area contributed by atoms with Gasteiger partial charge in [0.25, 0.3) is 0 Å². The Balaban J connectivity index is 0.000000930. The molecule has 0 atom stereocenters. The van der Waals surface area contributed by atoms with Crippen molar-refractivity contribution in [1.82, 2.24) is 0 Å². The van der Waals surface area contributed by atoms with Gasteiger partial charge in [-0.2, -0.15) is 0 Å². The summed E-state index contributed by atoms with van der Waals surface area (Å²) in [5.74, 6) is 2.36. The Kier molecular flexibility index (Phi) is 31.4. The number of rotatable bonds is 20. The summed E-state index contributed by atoms with van der Waals surface area (Å²) in [6, 6.07) is 5.98. The van der Waals surface area contributed by atoms with Crippen molar-refractivity contribution < 1.29 is 43.5 Å². The van der Waals surface area contributed by atoms with Crippen molar-refractivity contribution in [1.29, 1.82) is 0 Å². The molecule has 0 amide bonds. The van der Waals surface area contributed by atoms with Crippen molar-refractivity contribution in [3.8, 4) is 17.2 Å². The number of carbonyl (C=O) groups is 3. The summed E-state index contributed by atoms with van der Waals surface area (Å²) < 4.78 is 28.1. The maximum absolute atomic E-state index is 12.1. The fraction of sp³-hybridized carbons (Fsp3) is 0.604. The van der Waals surface area contributed by atoms with E-state index in [-0.39, 0.29) is 11.9 Å². The van der Waals surface area contributed by atoms with Crippen molar-refractivity contribution in [3.05, 3.63) is 78.4 Å². The summed E-state index contributed by atoms with van der Waals surface area (Å²) in [6.07, 6.45) is 4.47. The molecule has 0 aliphatic rings. The molecule has 16 heteroatoms. The average Bonchev–Trinajstić information content (AvgIpc) is 3.26. The second kappa shape index (κ2) is 32.1. The molecule has 9 nitrogen and oxygen atoms in total. The molecule has 0 unspecified atom stereocenters. The Bertz CT molecular complexity index is 2110. The molecule has 3 aromatic carbocycles. The topological polar surface area (TPSA) is 129 Å². The average molecular weight is 1370 g/mol. The molecule has 392 valence electrons. The van der Waals surface area contributed by atoms with Gasteiger partial charge in [-0.05, 0) is 233 Å². The van der Waals surface area contributed by atoms with E-state index in [0.717, 1.165) is 97.4 Å². The van der Waals surface area contributed by atoms with Crippen LogP contribution in [-0.2, 0) is 23.9 Å². The van der Waals surface area contributed by atoms with Gasteiger partial charge in [0.1, 0.15) is 17.2 Å². The van der Waals surface area contributed by atoms with Crippen LogP contribution in [-0.4, -0.2) is 60.4 Å². The van der Waals surface area contributed by atoms with Gasteiger partial charge < -0.3 is 29.2 Å². The van der Waals surface area contributed by atoms with Crippen LogP contribution < -0.4 is 9.47 Å². The number of hydrogen-bond donors (Lipinski definition) is 2. The number of carbonyl (C=O) groups excluding carboxylic acids is 2. The van der Waals surface area contributed by atoms with Crippen LogP contribution in [0.3, 0.4) is 0 Å². The van der Waals surface area contributed by atoms with Crippen LogP contribution in [0.4, 0.5) is 0 Å². The van der Waals surface area contributed by atoms with Crippen molar-refractivity contribution in [2.24, 2.45) is 28.1 Å². The molecular formula is C53H77Br6ClO9. The molecule has 0 fully saturated rings. The predicted molar refractivity (Wildman–Crippen MR) is 306 cm³/mol. The number of carboxylic acids is 1. The number of esters is 2. The summed E-state index contributed by atoms with van der Waals surface area (Å²) in [5, 5.41) is 18.5. The quantitative estimate of drug-likeness (QED) is 0.0645. The van der Waals surface area contributed by atoms with E-state index in [1.165, 1.54) is 0 Å². The molecule has 3 rings (SSSR count). The van der Waals surface area contributed by atoms with Crippen LogP contribution in [0, 0.1) is 69.6 Å². The fourth-order valence-corrected chi connectivity index (χ4v) is 10.2. The maximum Gasteiger partial charge on any atom is 0.311 e. The number of aliphatic carboxylic acids is 1. The van der Waals surface area contributed by atoms with Crippen molar-refractivity contribution in [2.45, 2.75) is 149 Å². The normalized spacial score (nSPS) is 11.4. The highest BCUT2D eigenvalue weighted by Gasteiger charge is 2.30. The van der Waals surface area contributed by atoms with Crippen molar-refractivity contribution in [2.75, 3.05) is 32.3 Å². The molecule has 0 aliphatic carbocycles. The van der Waals surface area contributed by atoms with Crippen LogP contribution >= 0.6 is 107 Å². The van der Waals surface area contributed by atoms with Crippen LogP contribution in [0.2, 0.25) is 0 Å². The second-order valence-corrected chi connectivity index (χ2v) is 25.3. The molecule has 0 bridgehead atoms. The highest BCUT2D eigenvalue weighted by molar-refractivity contribution is 9.11. The third-order valence-corrected chi connectivity index (χ3v) is 16.5. The van der Waals surface area contributed by atoms with E-state index in [2.05, 4.69) is 102 Å². The van der Waals surface area contributed by atoms with Gasteiger partial charge in [-0.25, -0.2) is 0 Å². The molecule has 0 aromatic heterocycles. The Morgan fingerprint density at radius 2 is 0.870 bits per heavy atom. The number of ether oxygens (including phenoxy) is 4. The fourth-order valence-electron chi connectivity index (χ4n) is 5.87. The summed E-state index contributed by atoms with van der Waals surface area (Å²) in [5.41, 5.74) is 4.64. The number of halogens is 7. The van der Waals surface area contributed by atoms with Gasteiger partial charge in [0, 0.05) is 19.3 Å². The highest BCUT2D eigenvalue weighted by Crippen LogP contribution is 2.39. The minimum absolute atomic E-state index is 0.115. The van der Waals surface area contributed by atoms with Gasteiger partial charge >= 0.3 is 17.9 Å². The first-order valence-electron chi connectivity index (χ1n) is 23.1. The predicted octanol–water partition coefficient (Wildman–Crippen LogP) is 18.1. The molecule has 0 saturated heterocycles. The van der Waals surface area contributed by atoms with E-state index >= 15 is 0 Å². The van der Waals surface area contributed by atoms with E-state index in [4.69, 9.17) is 35.7 Å². The van der Waals surface area contributed by atoms with Gasteiger partial charge in [0.2, 0.25) is 0 Å². The number of aryl methyl sites for hydroxylation is 3. The highest BCUT2D eigenvalue weighted by atomic mass is 79.9. The van der Waals surface area contributed by atoms with E-state index in [9.17, 15) is 19.5 Å². The molecule has 0 radical (unpaired) electrons. The lowest BCUT2D eigenvalue weighted by molar-refractivity contribution is -0.156. The Morgan fingerprint density at radius 1 is 0.551 bits per heavy atom. The zero-order valence-electron chi connectivity index (χ0n) is 43.6. The van der Waals surface area contributed by atoms with E-state index in [1.54, 1.807) is 13.8 Å². The molecular weight excluding hydrogens is 1300 g/mol. The smallest absolute Gasteiger partial charge is 0.311 e. The second-order valence-electron chi connectivity index (χ2n) is 20.0. The minimum Gasteiger partial charge on any atom is -0.506 e. The van der Waals surface area contributed by atoms with Crippen molar-refractivity contribution >= 4 is 125 Å². The van der Waals surface area contributed by atoms with Gasteiger partial charge in [-0.15, -0.1) is 11.6 Å². The number of hydrogen-bond acceptors (Lipinski definition) is 8. The first kappa shape index (κ1) is 67.6. The Labute approximate surface area is 469 Å². The minimum atomic E-state index is -0.769. The molecule has 2 N–H and O–H groups in total. The lowest BCUT2D eigenvalue weighted by atomic mass is 9.88. The zero-order chi connectivity index (χ0) is 53.8. The van der Waals surface area contributed by atoms with E-state index in [0.29, 0.717) is 62.7 Å². The summed E-state index contributed by atoms with van der Waals surface area (Å²) in [7, 11) is 0. The van der Waals surface area contributed by atoms with E-state index < -0.39 is 22.2 Å². The van der Waals surface area contributed by atoms with Crippen LogP contribution in [0.25, 0.3) is 0 Å². The molecule has 69 heavy (non-hydrogen) atoms.